The highest BCUT2D eigenvalue weighted by Crippen LogP contribution is 2.02. The number of nitrogens with zero attached hydrogens (tertiary/aromatic N) is 1. The van der Waals surface area contributed by atoms with E-state index in [1.807, 2.05) is 25.9 Å². The maximum Gasteiger partial charge on any atom is 0.0714 e. The lowest BCUT2D eigenvalue weighted by atomic mass is 10.1. The minimum atomic E-state index is -0.417. The van der Waals surface area contributed by atoms with Gasteiger partial charge < -0.3 is 15.1 Å². The van der Waals surface area contributed by atoms with Gasteiger partial charge >= 0.3 is 0 Å². The maximum absolute atomic E-state index is 9.29. The van der Waals surface area contributed by atoms with Crippen LogP contribution in [-0.4, -0.2) is 48.0 Å². The van der Waals surface area contributed by atoms with Crippen molar-refractivity contribution in [2.75, 3.05) is 20.7 Å². The van der Waals surface area contributed by atoms with Crippen molar-refractivity contribution in [2.24, 2.45) is 0 Å². The van der Waals surface area contributed by atoms with Crippen LogP contribution < -0.4 is 0 Å². The summed E-state index contributed by atoms with van der Waals surface area (Å²) >= 11 is 0. The largest absolute Gasteiger partial charge is 0.396 e. The van der Waals surface area contributed by atoms with E-state index in [1.165, 1.54) is 0 Å². The number of aliphatic hydroxyl groups is 2. The molecule has 0 radical (unpaired) electrons. The lowest BCUT2D eigenvalue weighted by Gasteiger charge is -2.24. The van der Waals surface area contributed by atoms with Crippen LogP contribution in [-0.2, 0) is 0 Å². The van der Waals surface area contributed by atoms with Crippen LogP contribution in [0.25, 0.3) is 0 Å². The first kappa shape index (κ1) is 9.88. The first-order valence-electron chi connectivity index (χ1n) is 3.55. The Morgan fingerprint density at radius 1 is 1.40 bits per heavy atom. The van der Waals surface area contributed by atoms with Gasteiger partial charge in [0.1, 0.15) is 0 Å². The monoisotopic (exact) mass is 147 g/mol. The van der Waals surface area contributed by atoms with Gasteiger partial charge in [-0.3, -0.25) is 0 Å². The molecule has 3 heteroatoms. The lowest BCUT2D eigenvalue weighted by molar-refractivity contribution is 0.0630. The highest BCUT2D eigenvalue weighted by atomic mass is 16.3. The van der Waals surface area contributed by atoms with Crippen molar-refractivity contribution < 1.29 is 10.2 Å². The van der Waals surface area contributed by atoms with Crippen LogP contribution in [0, 0.1) is 0 Å². The molecule has 0 fully saturated rings. The Kier molecular flexibility index (Phi) is 4.60. The van der Waals surface area contributed by atoms with Crippen molar-refractivity contribution in [3.05, 3.63) is 0 Å². The zero-order valence-electron chi connectivity index (χ0n) is 6.91. The molecule has 2 atom stereocenters. The van der Waals surface area contributed by atoms with Crippen molar-refractivity contribution in [1.82, 2.24) is 4.90 Å². The molecule has 0 aromatic rings. The van der Waals surface area contributed by atoms with E-state index < -0.39 is 6.10 Å². The number of rotatable bonds is 4. The molecular weight excluding hydrogens is 130 g/mol. The van der Waals surface area contributed by atoms with Crippen LogP contribution in [0.5, 0.6) is 0 Å². The third kappa shape index (κ3) is 3.15. The van der Waals surface area contributed by atoms with Crippen LogP contribution in [0.1, 0.15) is 13.3 Å². The molecule has 2 unspecified atom stereocenters. The molecule has 0 aromatic carbocycles. The van der Waals surface area contributed by atoms with E-state index in [-0.39, 0.29) is 12.6 Å². The molecule has 0 spiro atoms. The van der Waals surface area contributed by atoms with Crippen molar-refractivity contribution >= 4 is 0 Å². The molecule has 10 heavy (non-hydrogen) atoms. The van der Waals surface area contributed by atoms with E-state index in [4.69, 9.17) is 5.11 Å². The average molecular weight is 147 g/mol. The fourth-order valence-corrected chi connectivity index (χ4v) is 0.718. The molecule has 0 aliphatic carbocycles. The second-order valence-electron chi connectivity index (χ2n) is 2.78. The van der Waals surface area contributed by atoms with E-state index in [0.717, 1.165) is 0 Å². The van der Waals surface area contributed by atoms with Crippen LogP contribution >= 0.6 is 0 Å². The van der Waals surface area contributed by atoms with Crippen molar-refractivity contribution in [1.29, 1.82) is 0 Å². The molecule has 0 saturated heterocycles. The van der Waals surface area contributed by atoms with E-state index >= 15 is 0 Å². The Bertz CT molecular complexity index is 85.7. The maximum atomic E-state index is 9.29. The standard InChI is InChI=1S/C7H17NO2/c1-6(8(2)3)7(10)4-5-9/h6-7,9-10H,4-5H2,1-3H3. The van der Waals surface area contributed by atoms with Crippen LogP contribution in [0.4, 0.5) is 0 Å². The van der Waals surface area contributed by atoms with Gasteiger partial charge in [-0.1, -0.05) is 0 Å². The van der Waals surface area contributed by atoms with Crippen LogP contribution in [0.2, 0.25) is 0 Å². The third-order valence-corrected chi connectivity index (χ3v) is 1.80. The smallest absolute Gasteiger partial charge is 0.0714 e. The van der Waals surface area contributed by atoms with Crippen molar-refractivity contribution in [3.63, 3.8) is 0 Å². The zero-order chi connectivity index (χ0) is 8.15. The van der Waals surface area contributed by atoms with Gasteiger partial charge in [0.05, 0.1) is 6.10 Å². The Balaban J connectivity index is 3.58. The molecule has 0 amide bonds. The van der Waals surface area contributed by atoms with Gasteiger partial charge in [-0.15, -0.1) is 0 Å². The highest BCUT2D eigenvalue weighted by Gasteiger charge is 2.14. The van der Waals surface area contributed by atoms with Gasteiger partial charge in [-0.2, -0.15) is 0 Å². The van der Waals surface area contributed by atoms with Crippen molar-refractivity contribution in [3.8, 4) is 0 Å². The van der Waals surface area contributed by atoms with E-state index in [0.29, 0.717) is 6.42 Å². The predicted molar refractivity (Wildman–Crippen MR) is 40.9 cm³/mol. The molecular formula is C7H17NO2. The second-order valence-corrected chi connectivity index (χ2v) is 2.78. The fraction of sp³-hybridized carbons (Fsp3) is 1.00. The fourth-order valence-electron chi connectivity index (χ4n) is 0.718. The number of hydrogen-bond donors (Lipinski definition) is 2. The number of hydrogen-bond acceptors (Lipinski definition) is 3. The van der Waals surface area contributed by atoms with Gasteiger partial charge in [0.25, 0.3) is 0 Å². The molecule has 0 aliphatic heterocycles. The van der Waals surface area contributed by atoms with Gasteiger partial charge in [0.15, 0.2) is 0 Å². The summed E-state index contributed by atoms with van der Waals surface area (Å²) < 4.78 is 0. The summed E-state index contributed by atoms with van der Waals surface area (Å²) in [6, 6.07) is 0.118. The van der Waals surface area contributed by atoms with Gasteiger partial charge in [0.2, 0.25) is 0 Å². The van der Waals surface area contributed by atoms with Gasteiger partial charge in [-0.25, -0.2) is 0 Å². The minimum absolute atomic E-state index is 0.0549. The Morgan fingerprint density at radius 3 is 2.20 bits per heavy atom. The molecule has 3 nitrogen and oxygen atoms in total. The Hall–Kier alpha value is -0.120. The highest BCUT2D eigenvalue weighted by molar-refractivity contribution is 4.69. The van der Waals surface area contributed by atoms with Gasteiger partial charge in [0, 0.05) is 12.6 Å². The third-order valence-electron chi connectivity index (χ3n) is 1.80. The molecule has 0 aromatic heterocycles. The molecule has 0 saturated carbocycles. The molecule has 2 N–H and O–H groups in total. The summed E-state index contributed by atoms with van der Waals surface area (Å²) in [5.41, 5.74) is 0. The van der Waals surface area contributed by atoms with Crippen LogP contribution in [0.15, 0.2) is 0 Å². The first-order chi connectivity index (χ1) is 4.59. The predicted octanol–water partition coefficient (Wildman–Crippen LogP) is -0.320. The quantitative estimate of drug-likeness (QED) is 0.573. The first-order valence-corrected chi connectivity index (χ1v) is 3.55. The number of likely N-dealkylation sites (N-methyl/N-ethyl adjacent to an activating group) is 1. The Labute approximate surface area is 62.3 Å². The average Bonchev–Trinajstić information content (AvgIpc) is 1.87. The normalized spacial score (nSPS) is 17.4. The summed E-state index contributed by atoms with van der Waals surface area (Å²) in [5.74, 6) is 0. The summed E-state index contributed by atoms with van der Waals surface area (Å²) in [7, 11) is 3.82. The lowest BCUT2D eigenvalue weighted by Crippen LogP contribution is -2.36. The summed E-state index contributed by atoms with van der Waals surface area (Å²) in [4.78, 5) is 1.93. The van der Waals surface area contributed by atoms with E-state index in [9.17, 15) is 5.11 Å². The minimum Gasteiger partial charge on any atom is -0.396 e. The molecule has 0 rings (SSSR count). The van der Waals surface area contributed by atoms with Crippen LogP contribution in [0.3, 0.4) is 0 Å². The molecule has 0 bridgehead atoms. The molecule has 0 heterocycles. The molecule has 62 valence electrons. The SMILES string of the molecule is CC(C(O)CCO)N(C)C. The van der Waals surface area contributed by atoms with Crippen molar-refractivity contribution in [2.45, 2.75) is 25.5 Å². The van der Waals surface area contributed by atoms with E-state index in [1.54, 1.807) is 0 Å². The van der Waals surface area contributed by atoms with Gasteiger partial charge in [-0.05, 0) is 27.4 Å². The summed E-state index contributed by atoms with van der Waals surface area (Å²) in [6.07, 6.45) is 0.0410. The second kappa shape index (κ2) is 4.66. The summed E-state index contributed by atoms with van der Waals surface area (Å²) in [5, 5.41) is 17.8. The Morgan fingerprint density at radius 2 is 1.90 bits per heavy atom. The molecule has 0 aliphatic rings. The summed E-state index contributed by atoms with van der Waals surface area (Å²) in [6.45, 7) is 1.99. The zero-order valence-corrected chi connectivity index (χ0v) is 6.91. The topological polar surface area (TPSA) is 43.7 Å². The van der Waals surface area contributed by atoms with E-state index in [2.05, 4.69) is 0 Å². The number of aliphatic hydroxyl groups excluding tert-OH is 2.